The lowest BCUT2D eigenvalue weighted by atomic mass is 9.86. The molecule has 0 amide bonds. The van der Waals surface area contributed by atoms with Crippen LogP contribution in [0.15, 0.2) is 17.1 Å². The molecule has 2 heterocycles. The summed E-state index contributed by atoms with van der Waals surface area (Å²) in [5.41, 5.74) is 4.83. The molecule has 1 aromatic heterocycles. The first-order chi connectivity index (χ1) is 14.7. The predicted molar refractivity (Wildman–Crippen MR) is 107 cm³/mol. The fourth-order valence-corrected chi connectivity index (χ4v) is 6.28. The lowest BCUT2D eigenvalue weighted by Crippen LogP contribution is -2.47. The van der Waals surface area contributed by atoms with E-state index >= 15 is 4.39 Å². The van der Waals surface area contributed by atoms with Gasteiger partial charge >= 0.3 is 5.97 Å². The summed E-state index contributed by atoms with van der Waals surface area (Å²) in [5, 5.41) is 19.2. The molecule has 1 aliphatic heterocycles. The Labute approximate surface area is 175 Å². The number of pyridine rings is 1. The number of aromatic nitrogens is 1. The van der Waals surface area contributed by atoms with Gasteiger partial charge in [-0.05, 0) is 31.2 Å². The smallest absolute Gasteiger partial charge is 0.341 e. The highest BCUT2D eigenvalue weighted by Gasteiger charge is 2.72. The van der Waals surface area contributed by atoms with Crippen molar-refractivity contribution in [2.24, 2.45) is 17.1 Å². The lowest BCUT2D eigenvalue weighted by molar-refractivity contribution is 0.0694. The SMILES string of the molecule is N#Cc1c(N2CC3(N)CCC4CC43C2)c(F)cc2c(=O)c(C(=O)O)cn(C3C[C@@H]3F)c12. The van der Waals surface area contributed by atoms with E-state index in [1.165, 1.54) is 4.57 Å². The second-order valence-electron chi connectivity index (χ2n) is 9.60. The number of carboxylic acids is 1. The predicted octanol–water partition coefficient (Wildman–Crippen LogP) is 2.31. The van der Waals surface area contributed by atoms with E-state index in [0.717, 1.165) is 31.5 Å². The second kappa shape index (κ2) is 5.62. The number of alkyl halides is 1. The minimum absolute atomic E-state index is 0.0610. The number of anilines is 1. The van der Waals surface area contributed by atoms with E-state index in [9.17, 15) is 24.3 Å². The Morgan fingerprint density at radius 2 is 2.13 bits per heavy atom. The van der Waals surface area contributed by atoms with Gasteiger partial charge in [-0.2, -0.15) is 5.26 Å². The largest absolute Gasteiger partial charge is 0.477 e. The van der Waals surface area contributed by atoms with E-state index < -0.39 is 40.5 Å². The number of nitrogens with zero attached hydrogens (tertiary/aromatic N) is 3. The number of rotatable bonds is 3. The molecule has 5 atom stereocenters. The highest BCUT2D eigenvalue weighted by molar-refractivity contribution is 5.96. The summed E-state index contributed by atoms with van der Waals surface area (Å²) in [7, 11) is 0. The zero-order valence-electron chi connectivity index (χ0n) is 16.6. The molecule has 1 spiro atoms. The summed E-state index contributed by atoms with van der Waals surface area (Å²) < 4.78 is 30.7. The van der Waals surface area contributed by atoms with Crippen LogP contribution >= 0.6 is 0 Å². The van der Waals surface area contributed by atoms with Crippen molar-refractivity contribution < 1.29 is 18.7 Å². The van der Waals surface area contributed by atoms with Crippen LogP contribution < -0.4 is 16.1 Å². The van der Waals surface area contributed by atoms with Gasteiger partial charge in [0.25, 0.3) is 0 Å². The maximum Gasteiger partial charge on any atom is 0.341 e. The van der Waals surface area contributed by atoms with Gasteiger partial charge in [0.1, 0.15) is 29.2 Å². The van der Waals surface area contributed by atoms with Crippen LogP contribution in [0, 0.1) is 28.5 Å². The topological polar surface area (TPSA) is 112 Å². The second-order valence-corrected chi connectivity index (χ2v) is 9.60. The van der Waals surface area contributed by atoms with E-state index in [4.69, 9.17) is 5.73 Å². The van der Waals surface area contributed by atoms with Gasteiger partial charge in [-0.15, -0.1) is 0 Å². The van der Waals surface area contributed by atoms with Gasteiger partial charge in [0, 0.05) is 36.7 Å². The molecule has 2 aromatic rings. The van der Waals surface area contributed by atoms with E-state index in [1.807, 2.05) is 6.07 Å². The molecule has 1 saturated heterocycles. The summed E-state index contributed by atoms with van der Waals surface area (Å²) in [5.74, 6) is -1.72. The first kappa shape index (κ1) is 18.8. The van der Waals surface area contributed by atoms with E-state index in [2.05, 4.69) is 0 Å². The molecule has 31 heavy (non-hydrogen) atoms. The van der Waals surface area contributed by atoms with Gasteiger partial charge in [-0.3, -0.25) is 4.79 Å². The molecule has 9 heteroatoms. The van der Waals surface area contributed by atoms with Crippen molar-refractivity contribution >= 4 is 22.6 Å². The molecular weight excluding hydrogens is 406 g/mol. The zero-order valence-corrected chi connectivity index (χ0v) is 16.6. The molecule has 6 rings (SSSR count). The van der Waals surface area contributed by atoms with Crippen LogP contribution in [0.25, 0.3) is 10.9 Å². The average molecular weight is 426 g/mol. The summed E-state index contributed by atoms with van der Waals surface area (Å²) >= 11 is 0. The fraction of sp³-hybridized carbons (Fsp3) is 0.500. The number of carbonyl (C=O) groups is 1. The summed E-state index contributed by atoms with van der Waals surface area (Å²) in [6.45, 7) is 0.949. The van der Waals surface area contributed by atoms with Crippen LogP contribution in [0.5, 0.6) is 0 Å². The molecule has 160 valence electrons. The Bertz CT molecular complexity index is 1290. The molecule has 3 saturated carbocycles. The minimum Gasteiger partial charge on any atom is -0.477 e. The van der Waals surface area contributed by atoms with Crippen LogP contribution in [-0.4, -0.2) is 40.4 Å². The van der Waals surface area contributed by atoms with Crippen LogP contribution in [-0.2, 0) is 0 Å². The number of hydrogen-bond donors (Lipinski definition) is 2. The maximum absolute atomic E-state index is 15.4. The first-order valence-corrected chi connectivity index (χ1v) is 10.4. The van der Waals surface area contributed by atoms with Gasteiger partial charge in [-0.1, -0.05) is 0 Å². The molecule has 0 radical (unpaired) electrons. The van der Waals surface area contributed by atoms with Gasteiger partial charge in [0.05, 0.1) is 22.6 Å². The van der Waals surface area contributed by atoms with Crippen molar-refractivity contribution in [1.29, 1.82) is 5.26 Å². The molecule has 4 fully saturated rings. The number of fused-ring (bicyclic) bond motifs is 1. The normalized spacial score (nSPS) is 35.0. The van der Waals surface area contributed by atoms with E-state index in [1.54, 1.807) is 4.90 Å². The van der Waals surface area contributed by atoms with Crippen molar-refractivity contribution in [3.05, 3.63) is 39.4 Å². The van der Waals surface area contributed by atoms with Gasteiger partial charge in [-0.25, -0.2) is 13.6 Å². The van der Waals surface area contributed by atoms with Crippen molar-refractivity contribution in [2.45, 2.75) is 43.4 Å². The lowest BCUT2D eigenvalue weighted by Gasteiger charge is -2.27. The molecule has 4 unspecified atom stereocenters. The van der Waals surface area contributed by atoms with Crippen LogP contribution in [0.3, 0.4) is 0 Å². The van der Waals surface area contributed by atoms with Crippen molar-refractivity contribution in [3.63, 3.8) is 0 Å². The first-order valence-electron chi connectivity index (χ1n) is 10.4. The molecule has 3 N–H and O–H groups in total. The van der Waals surface area contributed by atoms with Gasteiger partial charge < -0.3 is 20.3 Å². The van der Waals surface area contributed by atoms with Crippen LogP contribution in [0.4, 0.5) is 14.5 Å². The monoisotopic (exact) mass is 426 g/mol. The Hall–Kier alpha value is -2.99. The minimum atomic E-state index is -1.48. The van der Waals surface area contributed by atoms with Crippen molar-refractivity contribution in [3.8, 4) is 6.07 Å². The molecular formula is C22H20F2N4O3. The third-order valence-corrected chi connectivity index (χ3v) is 8.05. The summed E-state index contributed by atoms with van der Waals surface area (Å²) in [6, 6.07) is 2.33. The molecule has 3 aliphatic carbocycles. The average Bonchev–Trinajstić information content (AvgIpc) is 3.56. The Morgan fingerprint density at radius 3 is 2.71 bits per heavy atom. The highest BCUT2D eigenvalue weighted by Crippen LogP contribution is 2.70. The third kappa shape index (κ3) is 2.23. The van der Waals surface area contributed by atoms with Crippen LogP contribution in [0.1, 0.15) is 47.6 Å². The number of halogens is 2. The molecule has 0 bridgehead atoms. The van der Waals surface area contributed by atoms with Crippen molar-refractivity contribution in [2.75, 3.05) is 18.0 Å². The van der Waals surface area contributed by atoms with Gasteiger partial charge in [0.2, 0.25) is 5.43 Å². The number of nitrogens with two attached hydrogens (primary N) is 1. The number of carboxylic acid groups (broad SMARTS) is 1. The van der Waals surface area contributed by atoms with E-state index in [0.29, 0.717) is 19.0 Å². The number of benzene rings is 1. The summed E-state index contributed by atoms with van der Waals surface area (Å²) in [6.07, 6.45) is 2.93. The third-order valence-electron chi connectivity index (χ3n) is 8.05. The number of hydrogen-bond acceptors (Lipinski definition) is 5. The quantitative estimate of drug-likeness (QED) is 0.779. The summed E-state index contributed by atoms with van der Waals surface area (Å²) in [4.78, 5) is 26.1. The maximum atomic E-state index is 15.4. The Kier molecular flexibility index (Phi) is 3.40. The molecule has 7 nitrogen and oxygen atoms in total. The zero-order chi connectivity index (χ0) is 21.9. The van der Waals surface area contributed by atoms with Crippen LogP contribution in [0.2, 0.25) is 0 Å². The van der Waals surface area contributed by atoms with Crippen molar-refractivity contribution in [1.82, 2.24) is 4.57 Å². The number of nitriles is 1. The highest BCUT2D eigenvalue weighted by atomic mass is 19.1. The van der Waals surface area contributed by atoms with Gasteiger partial charge in [0.15, 0.2) is 0 Å². The standard InChI is InChI=1S/C22H20F2N4O3/c23-14-4-16(14)28-7-13(20(30)31)19(29)11-3-15(24)18(12(6-25)17(11)28)27-8-21-5-10(21)1-2-22(21,26)9-27/h3,7,10,14,16H,1-2,4-5,8-9,26H2,(H,30,31)/t10?,14-,16?,21?,22?/m0/s1. The molecule has 1 aromatic carbocycles. The Morgan fingerprint density at radius 1 is 1.39 bits per heavy atom. The molecule has 4 aliphatic rings. The number of aromatic carboxylic acids is 1. The Balaban J connectivity index is 1.60. The van der Waals surface area contributed by atoms with E-state index in [-0.39, 0.29) is 34.0 Å². The fourth-order valence-electron chi connectivity index (χ4n) is 6.28.